The minimum atomic E-state index is 0.382. The maximum Gasteiger partial charge on any atom is 0.142 e. The van der Waals surface area contributed by atoms with E-state index in [2.05, 4.69) is 42.2 Å². The van der Waals surface area contributed by atoms with Crippen LogP contribution in [0.15, 0.2) is 34.9 Å². The van der Waals surface area contributed by atoms with E-state index < -0.39 is 0 Å². The highest BCUT2D eigenvalue weighted by Gasteiger charge is 2.48. The first-order valence-electron chi connectivity index (χ1n) is 8.60. The third-order valence-electron chi connectivity index (χ3n) is 5.83. The van der Waals surface area contributed by atoms with Crippen LogP contribution in [0.4, 0.5) is 0 Å². The van der Waals surface area contributed by atoms with Gasteiger partial charge in [-0.25, -0.2) is 0 Å². The minimum absolute atomic E-state index is 0.382. The van der Waals surface area contributed by atoms with E-state index >= 15 is 0 Å². The van der Waals surface area contributed by atoms with E-state index in [0.717, 1.165) is 22.9 Å². The zero-order valence-electron chi connectivity index (χ0n) is 13.7. The average molecular weight is 331 g/mol. The second-order valence-electron chi connectivity index (χ2n) is 6.96. The standard InChI is InChI=1S/C19H23ClN2O/c1-3-14-10-18(23-21-14)19-16(12-4-6-13(20)7-5-12)11-15-8-9-17(19)22(15)2/h4-7,10,15-17,19H,3,8-9,11H2,1-2H3/t15-,16-,17?,19+/m1/s1. The molecule has 0 aliphatic carbocycles. The van der Waals surface area contributed by atoms with Crippen molar-refractivity contribution in [3.63, 3.8) is 0 Å². The lowest BCUT2D eigenvalue weighted by Crippen LogP contribution is -2.44. The lowest BCUT2D eigenvalue weighted by molar-refractivity contribution is 0.122. The van der Waals surface area contributed by atoms with Crippen molar-refractivity contribution in [2.24, 2.45) is 0 Å². The summed E-state index contributed by atoms with van der Waals surface area (Å²) in [6.45, 7) is 2.12. The summed E-state index contributed by atoms with van der Waals surface area (Å²) < 4.78 is 5.77. The highest BCUT2D eigenvalue weighted by atomic mass is 35.5. The largest absolute Gasteiger partial charge is 0.361 e. The fourth-order valence-electron chi connectivity index (χ4n) is 4.56. The molecule has 23 heavy (non-hydrogen) atoms. The number of aromatic nitrogens is 1. The predicted octanol–water partition coefficient (Wildman–Crippen LogP) is 4.62. The van der Waals surface area contributed by atoms with Crippen LogP contribution in [0.2, 0.25) is 5.02 Å². The van der Waals surface area contributed by atoms with Gasteiger partial charge < -0.3 is 4.52 Å². The third kappa shape index (κ3) is 2.60. The van der Waals surface area contributed by atoms with Crippen LogP contribution in [-0.2, 0) is 6.42 Å². The molecule has 0 spiro atoms. The van der Waals surface area contributed by atoms with Crippen molar-refractivity contribution in [2.45, 2.75) is 56.5 Å². The fraction of sp³-hybridized carbons (Fsp3) is 0.526. The van der Waals surface area contributed by atoms with Crippen LogP contribution in [0.25, 0.3) is 0 Å². The monoisotopic (exact) mass is 330 g/mol. The molecule has 0 N–H and O–H groups in total. The Morgan fingerprint density at radius 2 is 2.04 bits per heavy atom. The molecule has 4 heteroatoms. The van der Waals surface area contributed by atoms with Gasteiger partial charge in [0.25, 0.3) is 0 Å². The molecule has 0 saturated carbocycles. The number of halogens is 1. The van der Waals surface area contributed by atoms with Gasteiger partial charge in [0.15, 0.2) is 0 Å². The Hall–Kier alpha value is -1.32. The third-order valence-corrected chi connectivity index (χ3v) is 6.09. The number of rotatable bonds is 3. The summed E-state index contributed by atoms with van der Waals surface area (Å²) in [6.07, 6.45) is 4.64. The molecule has 1 aromatic carbocycles. The molecule has 3 nitrogen and oxygen atoms in total. The average Bonchev–Trinajstić information content (AvgIpc) is 3.11. The van der Waals surface area contributed by atoms with Crippen LogP contribution in [0, 0.1) is 0 Å². The van der Waals surface area contributed by atoms with Crippen molar-refractivity contribution in [1.29, 1.82) is 0 Å². The Morgan fingerprint density at radius 1 is 1.26 bits per heavy atom. The number of fused-ring (bicyclic) bond motifs is 2. The van der Waals surface area contributed by atoms with Crippen LogP contribution < -0.4 is 0 Å². The number of benzene rings is 1. The molecule has 4 atom stereocenters. The topological polar surface area (TPSA) is 29.3 Å². The van der Waals surface area contributed by atoms with Crippen molar-refractivity contribution in [3.8, 4) is 0 Å². The maximum absolute atomic E-state index is 6.08. The zero-order valence-corrected chi connectivity index (χ0v) is 14.5. The number of nitrogens with zero attached hydrogens (tertiary/aromatic N) is 2. The van der Waals surface area contributed by atoms with E-state index in [-0.39, 0.29) is 0 Å². The van der Waals surface area contributed by atoms with Gasteiger partial charge in [0, 0.05) is 29.1 Å². The van der Waals surface area contributed by atoms with Gasteiger partial charge in [-0.1, -0.05) is 35.8 Å². The van der Waals surface area contributed by atoms with E-state index in [4.69, 9.17) is 16.1 Å². The van der Waals surface area contributed by atoms with Gasteiger partial charge in [-0.05, 0) is 56.3 Å². The predicted molar refractivity (Wildman–Crippen MR) is 92.0 cm³/mol. The number of piperidine rings is 1. The molecule has 2 fully saturated rings. The van der Waals surface area contributed by atoms with Crippen molar-refractivity contribution in [1.82, 2.24) is 10.1 Å². The van der Waals surface area contributed by atoms with Crippen molar-refractivity contribution in [3.05, 3.63) is 52.4 Å². The maximum atomic E-state index is 6.08. The number of hydrogen-bond donors (Lipinski definition) is 0. The Balaban J connectivity index is 1.74. The fourth-order valence-corrected chi connectivity index (χ4v) is 4.69. The molecule has 2 aliphatic heterocycles. The summed E-state index contributed by atoms with van der Waals surface area (Å²) in [6, 6.07) is 11.8. The van der Waals surface area contributed by atoms with Crippen LogP contribution in [0.1, 0.15) is 55.0 Å². The van der Waals surface area contributed by atoms with Gasteiger partial charge >= 0.3 is 0 Å². The van der Waals surface area contributed by atoms with Gasteiger partial charge in [0.2, 0.25) is 0 Å². The van der Waals surface area contributed by atoms with Gasteiger partial charge in [-0.15, -0.1) is 0 Å². The Labute approximate surface area is 142 Å². The molecule has 0 radical (unpaired) electrons. The summed E-state index contributed by atoms with van der Waals surface area (Å²) in [5.74, 6) is 1.92. The van der Waals surface area contributed by atoms with Crippen molar-refractivity contribution < 1.29 is 4.52 Å². The van der Waals surface area contributed by atoms with E-state index in [1.54, 1.807) is 0 Å². The van der Waals surface area contributed by atoms with Crippen LogP contribution in [0.5, 0.6) is 0 Å². The molecular weight excluding hydrogens is 308 g/mol. The quantitative estimate of drug-likeness (QED) is 0.822. The first-order chi connectivity index (χ1) is 11.2. The molecule has 2 aromatic rings. The second kappa shape index (κ2) is 5.95. The van der Waals surface area contributed by atoms with Gasteiger partial charge in [-0.2, -0.15) is 0 Å². The Morgan fingerprint density at radius 3 is 2.74 bits per heavy atom. The summed E-state index contributed by atoms with van der Waals surface area (Å²) in [4.78, 5) is 2.56. The van der Waals surface area contributed by atoms with E-state index in [9.17, 15) is 0 Å². The molecular formula is C19H23ClN2O. The van der Waals surface area contributed by atoms with Crippen LogP contribution in [0.3, 0.4) is 0 Å². The Kier molecular flexibility index (Phi) is 3.94. The summed E-state index contributed by atoms with van der Waals surface area (Å²) in [7, 11) is 2.27. The smallest absolute Gasteiger partial charge is 0.142 e. The molecule has 1 aromatic heterocycles. The normalized spacial score (nSPS) is 30.7. The van der Waals surface area contributed by atoms with E-state index in [1.807, 2.05) is 12.1 Å². The number of likely N-dealkylation sites (N-methyl/N-ethyl adjacent to an activating group) is 1. The molecule has 2 aliphatic rings. The molecule has 2 saturated heterocycles. The van der Waals surface area contributed by atoms with E-state index in [1.165, 1.54) is 24.8 Å². The summed E-state index contributed by atoms with van der Waals surface area (Å²) in [5, 5.41) is 5.04. The van der Waals surface area contributed by atoms with Crippen molar-refractivity contribution in [2.75, 3.05) is 7.05 Å². The molecule has 4 rings (SSSR count). The first kappa shape index (κ1) is 15.2. The Bertz CT molecular complexity index is 681. The minimum Gasteiger partial charge on any atom is -0.361 e. The zero-order chi connectivity index (χ0) is 16.0. The van der Waals surface area contributed by atoms with Crippen LogP contribution in [-0.4, -0.2) is 29.2 Å². The molecule has 0 amide bonds. The highest BCUT2D eigenvalue weighted by Crippen LogP contribution is 2.51. The second-order valence-corrected chi connectivity index (χ2v) is 7.39. The number of hydrogen-bond acceptors (Lipinski definition) is 3. The lowest BCUT2D eigenvalue weighted by atomic mass is 9.75. The van der Waals surface area contributed by atoms with Gasteiger partial charge in [-0.3, -0.25) is 4.90 Å². The molecule has 1 unspecified atom stereocenters. The van der Waals surface area contributed by atoms with Gasteiger partial charge in [0.05, 0.1) is 5.69 Å². The summed E-state index contributed by atoms with van der Waals surface area (Å²) >= 11 is 6.08. The molecule has 122 valence electrons. The van der Waals surface area contributed by atoms with E-state index in [0.29, 0.717) is 23.9 Å². The molecule has 3 heterocycles. The van der Waals surface area contributed by atoms with Crippen LogP contribution >= 0.6 is 11.6 Å². The SMILES string of the molecule is CCc1cc([C@@H]2C3CC[C@H](C[C@@H]2c2ccc(Cl)cc2)N3C)on1. The highest BCUT2D eigenvalue weighted by molar-refractivity contribution is 6.30. The number of aryl methyl sites for hydroxylation is 1. The van der Waals surface area contributed by atoms with Gasteiger partial charge in [0.1, 0.15) is 5.76 Å². The lowest BCUT2D eigenvalue weighted by Gasteiger charge is -2.42. The van der Waals surface area contributed by atoms with Crippen molar-refractivity contribution >= 4 is 11.6 Å². The first-order valence-corrected chi connectivity index (χ1v) is 8.98. The molecule has 2 bridgehead atoms. The summed E-state index contributed by atoms with van der Waals surface area (Å²) in [5.41, 5.74) is 2.43.